The zero-order valence-electron chi connectivity index (χ0n) is 14.8. The van der Waals surface area contributed by atoms with E-state index < -0.39 is 0 Å². The lowest BCUT2D eigenvalue weighted by Gasteiger charge is -2.29. The minimum atomic E-state index is 0. The predicted octanol–water partition coefficient (Wildman–Crippen LogP) is 2.00. The van der Waals surface area contributed by atoms with Crippen LogP contribution in [0, 0.1) is 5.92 Å². The molecule has 2 unspecified atom stereocenters. The first-order valence-electron chi connectivity index (χ1n) is 8.80. The summed E-state index contributed by atoms with van der Waals surface area (Å²) in [5, 5.41) is 3.35. The lowest BCUT2D eigenvalue weighted by atomic mass is 10.0. The van der Waals surface area contributed by atoms with Crippen LogP contribution in [0.3, 0.4) is 0 Å². The Morgan fingerprint density at radius 3 is 2.88 bits per heavy atom. The molecule has 3 rings (SSSR count). The number of para-hydroxylation sites is 1. The summed E-state index contributed by atoms with van der Waals surface area (Å²) < 4.78 is 11.1. The fourth-order valence-corrected chi connectivity index (χ4v) is 3.25. The molecule has 0 aliphatic carbocycles. The maximum Gasteiger partial charge on any atom is 0.189 e. The zero-order chi connectivity index (χ0) is 16.8. The molecule has 1 saturated heterocycles. The molecule has 0 saturated carbocycles. The normalized spacial score (nSPS) is 22.3. The van der Waals surface area contributed by atoms with Gasteiger partial charge in [0.05, 0.1) is 25.9 Å². The SMILES string of the molecule is CC(CN=C(N)NC1CCOc2ccccc21)CN1CCOCC1.I. The van der Waals surface area contributed by atoms with Crippen LogP contribution >= 0.6 is 24.0 Å². The molecule has 25 heavy (non-hydrogen) atoms. The summed E-state index contributed by atoms with van der Waals surface area (Å²) >= 11 is 0. The minimum Gasteiger partial charge on any atom is -0.493 e. The number of benzene rings is 1. The summed E-state index contributed by atoms with van der Waals surface area (Å²) in [6.45, 7) is 8.40. The first kappa shape index (κ1) is 20.3. The molecule has 2 aliphatic heterocycles. The van der Waals surface area contributed by atoms with Crippen LogP contribution in [0.5, 0.6) is 5.75 Å². The highest BCUT2D eigenvalue weighted by Crippen LogP contribution is 2.31. The van der Waals surface area contributed by atoms with E-state index in [1.165, 1.54) is 0 Å². The van der Waals surface area contributed by atoms with Crippen molar-refractivity contribution >= 4 is 29.9 Å². The molecular formula is C18H29IN4O2. The lowest BCUT2D eigenvalue weighted by Crippen LogP contribution is -2.40. The third kappa shape index (κ3) is 6.00. The van der Waals surface area contributed by atoms with Crippen molar-refractivity contribution in [3.63, 3.8) is 0 Å². The van der Waals surface area contributed by atoms with Crippen molar-refractivity contribution in [3.8, 4) is 5.75 Å². The molecule has 1 aromatic carbocycles. The highest BCUT2D eigenvalue weighted by Gasteiger charge is 2.21. The van der Waals surface area contributed by atoms with Crippen molar-refractivity contribution in [3.05, 3.63) is 29.8 Å². The molecule has 140 valence electrons. The second-order valence-electron chi connectivity index (χ2n) is 6.62. The maximum absolute atomic E-state index is 6.11. The van der Waals surface area contributed by atoms with Crippen LogP contribution in [0.25, 0.3) is 0 Å². The molecule has 0 bridgehead atoms. The maximum atomic E-state index is 6.11. The van der Waals surface area contributed by atoms with E-state index in [2.05, 4.69) is 28.2 Å². The van der Waals surface area contributed by atoms with Crippen molar-refractivity contribution < 1.29 is 9.47 Å². The molecule has 3 N–H and O–H groups in total. The second kappa shape index (κ2) is 10.2. The largest absolute Gasteiger partial charge is 0.493 e. The van der Waals surface area contributed by atoms with Gasteiger partial charge in [0.2, 0.25) is 0 Å². The standard InChI is InChI=1S/C18H28N4O2.HI/c1-14(13-22-7-10-23-11-8-22)12-20-18(19)21-16-6-9-24-17-5-3-2-4-15(16)17;/h2-5,14,16H,6-13H2,1H3,(H3,19,20,21);1H. The second-order valence-corrected chi connectivity index (χ2v) is 6.62. The molecule has 2 atom stereocenters. The molecule has 0 spiro atoms. The highest BCUT2D eigenvalue weighted by atomic mass is 127. The third-order valence-electron chi connectivity index (χ3n) is 4.53. The summed E-state index contributed by atoms with van der Waals surface area (Å²) in [5.74, 6) is 1.94. The van der Waals surface area contributed by atoms with Crippen LogP contribution in [0.2, 0.25) is 0 Å². The number of aliphatic imine (C=N–C) groups is 1. The number of hydrogen-bond donors (Lipinski definition) is 2. The number of nitrogens with one attached hydrogen (secondary N) is 1. The van der Waals surface area contributed by atoms with Gasteiger partial charge in [-0.05, 0) is 12.0 Å². The molecule has 2 aliphatic rings. The van der Waals surface area contributed by atoms with Gasteiger partial charge in [-0.1, -0.05) is 25.1 Å². The Balaban J connectivity index is 0.00000225. The third-order valence-corrected chi connectivity index (χ3v) is 4.53. The average Bonchev–Trinajstić information content (AvgIpc) is 2.61. The van der Waals surface area contributed by atoms with E-state index in [0.717, 1.165) is 57.1 Å². The van der Waals surface area contributed by atoms with Crippen LogP contribution in [0.4, 0.5) is 0 Å². The molecule has 6 nitrogen and oxygen atoms in total. The Morgan fingerprint density at radius 1 is 1.32 bits per heavy atom. The summed E-state index contributed by atoms with van der Waals surface area (Å²) in [4.78, 5) is 6.97. The number of nitrogens with zero attached hydrogens (tertiary/aromatic N) is 2. The predicted molar refractivity (Wildman–Crippen MR) is 111 cm³/mol. The summed E-state index contributed by atoms with van der Waals surface area (Å²) in [5.41, 5.74) is 7.26. The van der Waals surface area contributed by atoms with Gasteiger partial charge in [0.1, 0.15) is 5.75 Å². The van der Waals surface area contributed by atoms with Gasteiger partial charge in [-0.25, -0.2) is 0 Å². The Labute approximate surface area is 167 Å². The molecule has 0 amide bonds. The topological polar surface area (TPSA) is 72.1 Å². The van der Waals surface area contributed by atoms with E-state index in [-0.39, 0.29) is 30.0 Å². The van der Waals surface area contributed by atoms with Crippen LogP contribution < -0.4 is 15.8 Å². The van der Waals surface area contributed by atoms with Gasteiger partial charge in [0.25, 0.3) is 0 Å². The van der Waals surface area contributed by atoms with E-state index in [0.29, 0.717) is 18.5 Å². The number of halogens is 1. The fourth-order valence-electron chi connectivity index (χ4n) is 3.25. The van der Waals surface area contributed by atoms with E-state index >= 15 is 0 Å². The van der Waals surface area contributed by atoms with Gasteiger partial charge in [-0.3, -0.25) is 9.89 Å². The number of nitrogens with two attached hydrogens (primary N) is 1. The number of rotatable bonds is 5. The molecule has 2 heterocycles. The van der Waals surface area contributed by atoms with Crippen LogP contribution in [-0.2, 0) is 4.74 Å². The van der Waals surface area contributed by atoms with E-state index in [1.807, 2.05) is 18.2 Å². The quantitative estimate of drug-likeness (QED) is 0.400. The molecule has 1 aromatic rings. The van der Waals surface area contributed by atoms with Crippen molar-refractivity contribution in [2.24, 2.45) is 16.6 Å². The van der Waals surface area contributed by atoms with Crippen LogP contribution in [0.15, 0.2) is 29.3 Å². The Kier molecular flexibility index (Phi) is 8.25. The number of hydrogen-bond acceptors (Lipinski definition) is 4. The first-order chi connectivity index (χ1) is 11.7. The highest BCUT2D eigenvalue weighted by molar-refractivity contribution is 14.0. The Hall–Kier alpha value is -1.06. The number of morpholine rings is 1. The zero-order valence-corrected chi connectivity index (χ0v) is 17.1. The monoisotopic (exact) mass is 460 g/mol. The lowest BCUT2D eigenvalue weighted by molar-refractivity contribution is 0.0323. The Bertz CT molecular complexity index is 564. The number of guanidine groups is 1. The summed E-state index contributed by atoms with van der Waals surface area (Å²) in [6, 6.07) is 8.28. The smallest absolute Gasteiger partial charge is 0.189 e. The van der Waals surface area contributed by atoms with Crippen molar-refractivity contribution in [2.75, 3.05) is 46.0 Å². The summed E-state index contributed by atoms with van der Waals surface area (Å²) in [7, 11) is 0. The molecule has 7 heteroatoms. The van der Waals surface area contributed by atoms with Crippen LogP contribution in [-0.4, -0.2) is 56.9 Å². The van der Waals surface area contributed by atoms with Gasteiger partial charge in [0.15, 0.2) is 5.96 Å². The van der Waals surface area contributed by atoms with Crippen LogP contribution in [0.1, 0.15) is 24.9 Å². The average molecular weight is 460 g/mol. The number of ether oxygens (including phenoxy) is 2. The molecule has 1 fully saturated rings. The summed E-state index contributed by atoms with van der Waals surface area (Å²) in [6.07, 6.45) is 0.899. The van der Waals surface area contributed by atoms with Crippen molar-refractivity contribution in [2.45, 2.75) is 19.4 Å². The van der Waals surface area contributed by atoms with E-state index in [9.17, 15) is 0 Å². The number of fused-ring (bicyclic) bond motifs is 1. The fraction of sp³-hybridized carbons (Fsp3) is 0.611. The molecule has 0 aromatic heterocycles. The molecular weight excluding hydrogens is 431 g/mol. The molecule has 0 radical (unpaired) electrons. The van der Waals surface area contributed by atoms with E-state index in [1.54, 1.807) is 0 Å². The Morgan fingerprint density at radius 2 is 2.08 bits per heavy atom. The first-order valence-corrected chi connectivity index (χ1v) is 8.80. The minimum absolute atomic E-state index is 0. The van der Waals surface area contributed by atoms with Gasteiger partial charge in [-0.2, -0.15) is 0 Å². The van der Waals surface area contributed by atoms with Gasteiger partial charge >= 0.3 is 0 Å². The van der Waals surface area contributed by atoms with E-state index in [4.69, 9.17) is 15.2 Å². The van der Waals surface area contributed by atoms with Gasteiger partial charge in [0, 0.05) is 38.2 Å². The van der Waals surface area contributed by atoms with Gasteiger partial charge in [-0.15, -0.1) is 24.0 Å². The van der Waals surface area contributed by atoms with Gasteiger partial charge < -0.3 is 20.5 Å². The van der Waals surface area contributed by atoms with Crippen molar-refractivity contribution in [1.29, 1.82) is 0 Å². The van der Waals surface area contributed by atoms with Crippen molar-refractivity contribution in [1.82, 2.24) is 10.2 Å².